The zero-order valence-electron chi connectivity index (χ0n) is 13.8. The molecule has 0 bridgehead atoms. The number of benzene rings is 2. The van der Waals surface area contributed by atoms with Crippen LogP contribution < -0.4 is 11.1 Å². The zero-order chi connectivity index (χ0) is 16.5. The second-order valence-electron chi connectivity index (χ2n) is 5.28. The Morgan fingerprint density at radius 2 is 1.36 bits per heavy atom. The van der Waals surface area contributed by atoms with Crippen molar-refractivity contribution in [2.75, 3.05) is 5.32 Å². The Labute approximate surface area is 134 Å². The number of hydrogen-bond donors (Lipinski definition) is 2. The summed E-state index contributed by atoms with van der Waals surface area (Å²) in [4.78, 5) is 0. The molecule has 2 aromatic carbocycles. The maximum Gasteiger partial charge on any atom is 0.0384 e. The highest BCUT2D eigenvalue weighted by Gasteiger charge is 2.00. The topological polar surface area (TPSA) is 38.0 Å². The Morgan fingerprint density at radius 3 is 1.82 bits per heavy atom. The van der Waals surface area contributed by atoms with E-state index in [2.05, 4.69) is 63.5 Å². The lowest BCUT2D eigenvalue weighted by Gasteiger charge is -2.11. The van der Waals surface area contributed by atoms with Crippen molar-refractivity contribution in [1.29, 1.82) is 0 Å². The smallest absolute Gasteiger partial charge is 0.0384 e. The molecule has 0 unspecified atom stereocenters. The molecule has 2 rings (SSSR count). The highest BCUT2D eigenvalue weighted by Crippen LogP contribution is 2.19. The van der Waals surface area contributed by atoms with Crippen molar-refractivity contribution in [2.24, 2.45) is 5.73 Å². The van der Waals surface area contributed by atoms with Gasteiger partial charge in [0.1, 0.15) is 0 Å². The molecule has 0 aromatic heterocycles. The van der Waals surface area contributed by atoms with E-state index in [1.54, 1.807) is 0 Å². The summed E-state index contributed by atoms with van der Waals surface area (Å²) in [5.41, 5.74) is 11.3. The fourth-order valence-corrected chi connectivity index (χ4v) is 1.77. The molecule has 0 fully saturated rings. The number of hydrogen-bond acceptors (Lipinski definition) is 2. The third-order valence-electron chi connectivity index (χ3n) is 2.95. The maximum absolute atomic E-state index is 5.64. The van der Waals surface area contributed by atoms with Crippen LogP contribution in [0.3, 0.4) is 0 Å². The third kappa shape index (κ3) is 5.49. The van der Waals surface area contributed by atoms with Gasteiger partial charge >= 0.3 is 0 Å². The van der Waals surface area contributed by atoms with Gasteiger partial charge in [0, 0.05) is 17.1 Å². The second-order valence-corrected chi connectivity index (χ2v) is 5.28. The van der Waals surface area contributed by atoms with Crippen LogP contribution in [0.4, 0.5) is 5.69 Å². The molecular weight excluding hydrogens is 268 g/mol. The van der Waals surface area contributed by atoms with Crippen LogP contribution >= 0.6 is 0 Å². The van der Waals surface area contributed by atoms with E-state index in [4.69, 9.17) is 5.73 Å². The first-order chi connectivity index (χ1) is 10.5. The van der Waals surface area contributed by atoms with Gasteiger partial charge in [-0.1, -0.05) is 75.4 Å². The fourth-order valence-electron chi connectivity index (χ4n) is 1.77. The van der Waals surface area contributed by atoms with Crippen LogP contribution in [-0.2, 0) is 0 Å². The van der Waals surface area contributed by atoms with E-state index in [9.17, 15) is 0 Å². The molecule has 0 atom stereocenters. The van der Waals surface area contributed by atoms with Gasteiger partial charge in [-0.3, -0.25) is 0 Å². The summed E-state index contributed by atoms with van der Waals surface area (Å²) in [7, 11) is 0. The summed E-state index contributed by atoms with van der Waals surface area (Å²) in [6.07, 6.45) is 1.25. The van der Waals surface area contributed by atoms with Crippen LogP contribution in [0.15, 0.2) is 61.7 Å². The van der Waals surface area contributed by atoms with Crippen LogP contribution in [0.1, 0.15) is 37.0 Å². The van der Waals surface area contributed by atoms with Gasteiger partial charge in [0.25, 0.3) is 0 Å². The SMILES string of the molecule is C=C(N)c1ccc(NC(=C)c2ccc(C)cc2)cc1.CCC. The first-order valence-electron chi connectivity index (χ1n) is 7.55. The van der Waals surface area contributed by atoms with Gasteiger partial charge in [-0.25, -0.2) is 0 Å². The molecule has 0 saturated heterocycles. The number of nitrogens with two attached hydrogens (primary N) is 1. The Balaban J connectivity index is 0.000000745. The molecule has 3 N–H and O–H groups in total. The fraction of sp³-hybridized carbons (Fsp3) is 0.200. The number of aryl methyl sites for hydroxylation is 1. The molecule has 0 aliphatic carbocycles. The quantitative estimate of drug-likeness (QED) is 0.789. The minimum absolute atomic E-state index is 0.573. The molecule has 0 amide bonds. The highest BCUT2D eigenvalue weighted by atomic mass is 14.9. The van der Waals surface area contributed by atoms with Gasteiger partial charge in [0.05, 0.1) is 0 Å². The highest BCUT2D eigenvalue weighted by molar-refractivity contribution is 5.76. The lowest BCUT2D eigenvalue weighted by Crippen LogP contribution is -1.98. The van der Waals surface area contributed by atoms with Crippen LogP contribution in [0.5, 0.6) is 0 Å². The Kier molecular flexibility index (Phi) is 6.97. The monoisotopic (exact) mass is 294 g/mol. The third-order valence-corrected chi connectivity index (χ3v) is 2.95. The molecule has 2 heteroatoms. The average molecular weight is 294 g/mol. The predicted molar refractivity (Wildman–Crippen MR) is 99.5 cm³/mol. The average Bonchev–Trinajstić information content (AvgIpc) is 2.49. The first-order valence-corrected chi connectivity index (χ1v) is 7.55. The van der Waals surface area contributed by atoms with E-state index < -0.39 is 0 Å². The summed E-state index contributed by atoms with van der Waals surface area (Å²) >= 11 is 0. The van der Waals surface area contributed by atoms with Crippen molar-refractivity contribution < 1.29 is 0 Å². The Morgan fingerprint density at radius 1 is 0.909 bits per heavy atom. The van der Waals surface area contributed by atoms with Gasteiger partial charge in [0.2, 0.25) is 0 Å². The largest absolute Gasteiger partial charge is 0.399 e. The number of nitrogens with one attached hydrogen (secondary N) is 1. The van der Waals surface area contributed by atoms with Gasteiger partial charge < -0.3 is 11.1 Å². The molecular formula is C20H26N2. The zero-order valence-corrected chi connectivity index (χ0v) is 13.8. The minimum Gasteiger partial charge on any atom is -0.399 e. The van der Waals surface area contributed by atoms with Crippen LogP contribution in [0, 0.1) is 6.92 Å². The maximum atomic E-state index is 5.64. The second kappa shape index (κ2) is 8.73. The molecule has 116 valence electrons. The van der Waals surface area contributed by atoms with E-state index >= 15 is 0 Å². The van der Waals surface area contributed by atoms with E-state index in [-0.39, 0.29) is 0 Å². The van der Waals surface area contributed by atoms with E-state index in [1.165, 1.54) is 12.0 Å². The molecule has 0 heterocycles. The Hall–Kier alpha value is -2.48. The molecule has 0 saturated carbocycles. The van der Waals surface area contributed by atoms with Crippen molar-refractivity contribution in [2.45, 2.75) is 27.2 Å². The lowest BCUT2D eigenvalue weighted by atomic mass is 10.1. The predicted octanol–water partition coefficient (Wildman–Crippen LogP) is 5.42. The summed E-state index contributed by atoms with van der Waals surface area (Å²) in [5, 5.41) is 3.28. The van der Waals surface area contributed by atoms with Crippen LogP contribution in [0.25, 0.3) is 11.4 Å². The number of rotatable bonds is 4. The molecule has 0 spiro atoms. The summed E-state index contributed by atoms with van der Waals surface area (Å²) in [6, 6.07) is 16.1. The van der Waals surface area contributed by atoms with Gasteiger partial charge in [-0.2, -0.15) is 0 Å². The number of anilines is 1. The van der Waals surface area contributed by atoms with Crippen molar-refractivity contribution >= 4 is 17.1 Å². The van der Waals surface area contributed by atoms with Gasteiger partial charge in [-0.05, 0) is 30.2 Å². The molecule has 0 aliphatic rings. The summed E-state index contributed by atoms with van der Waals surface area (Å²) < 4.78 is 0. The van der Waals surface area contributed by atoms with Crippen molar-refractivity contribution in [3.63, 3.8) is 0 Å². The molecule has 0 aliphatic heterocycles. The van der Waals surface area contributed by atoms with Gasteiger partial charge in [0.15, 0.2) is 0 Å². The van der Waals surface area contributed by atoms with E-state index in [1.807, 2.05) is 24.3 Å². The minimum atomic E-state index is 0.573. The molecule has 2 aromatic rings. The summed E-state index contributed by atoms with van der Waals surface area (Å²) in [6.45, 7) is 14.1. The molecule has 22 heavy (non-hydrogen) atoms. The standard InChI is InChI=1S/C17H18N2.C3H8/c1-12-4-6-16(7-5-12)14(3)19-17-10-8-15(9-11-17)13(2)18;1-3-2/h4-11,19H,2-3,18H2,1H3;3H2,1-2H3. The van der Waals surface area contributed by atoms with Crippen molar-refractivity contribution in [3.05, 3.63) is 78.4 Å². The van der Waals surface area contributed by atoms with Crippen molar-refractivity contribution in [1.82, 2.24) is 0 Å². The Bertz CT molecular complexity index is 607. The van der Waals surface area contributed by atoms with Gasteiger partial charge in [-0.15, -0.1) is 0 Å². The summed E-state index contributed by atoms with van der Waals surface area (Å²) in [5.74, 6) is 0. The van der Waals surface area contributed by atoms with E-state index in [0.717, 1.165) is 22.5 Å². The van der Waals surface area contributed by atoms with Crippen LogP contribution in [0.2, 0.25) is 0 Å². The first kappa shape index (κ1) is 17.6. The van der Waals surface area contributed by atoms with E-state index in [0.29, 0.717) is 5.70 Å². The molecule has 2 nitrogen and oxygen atoms in total. The normalized spacial score (nSPS) is 9.41. The lowest BCUT2D eigenvalue weighted by molar-refractivity contribution is 1.09. The van der Waals surface area contributed by atoms with Crippen LogP contribution in [-0.4, -0.2) is 0 Å². The molecule has 0 radical (unpaired) electrons. The van der Waals surface area contributed by atoms with Crippen molar-refractivity contribution in [3.8, 4) is 0 Å².